The van der Waals surface area contributed by atoms with Gasteiger partial charge < -0.3 is 4.74 Å². The number of aryl methyl sites for hydroxylation is 1. The molecule has 0 aliphatic heterocycles. The van der Waals surface area contributed by atoms with E-state index >= 15 is 0 Å². The van der Waals surface area contributed by atoms with Crippen LogP contribution in [0.2, 0.25) is 0 Å². The van der Waals surface area contributed by atoms with E-state index in [0.717, 1.165) is 5.69 Å². The second-order valence-electron chi connectivity index (χ2n) is 2.93. The topological polar surface area (TPSA) is 72.3 Å². The number of rotatable bonds is 1. The Morgan fingerprint density at radius 2 is 2.33 bits per heavy atom. The summed E-state index contributed by atoms with van der Waals surface area (Å²) >= 11 is 5.08. The van der Waals surface area contributed by atoms with Crippen molar-refractivity contribution in [2.24, 2.45) is 0 Å². The molecular formula is C8H8N4O2S. The second kappa shape index (κ2) is 3.43. The molecule has 6 nitrogen and oxygen atoms in total. The minimum absolute atomic E-state index is 0.0849. The molecule has 0 unspecified atom stereocenters. The number of hydrogen-bond acceptors (Lipinski definition) is 5. The third kappa shape index (κ3) is 1.61. The van der Waals surface area contributed by atoms with Crippen molar-refractivity contribution >= 4 is 24.0 Å². The van der Waals surface area contributed by atoms with E-state index in [2.05, 4.69) is 19.8 Å². The van der Waals surface area contributed by atoms with Crippen LogP contribution in [0, 0.1) is 11.6 Å². The lowest BCUT2D eigenvalue weighted by Gasteiger charge is -1.93. The van der Waals surface area contributed by atoms with Crippen molar-refractivity contribution in [2.45, 2.75) is 6.92 Å². The van der Waals surface area contributed by atoms with E-state index in [0.29, 0.717) is 10.4 Å². The Kier molecular flexibility index (Phi) is 2.24. The van der Waals surface area contributed by atoms with Crippen LogP contribution < -0.4 is 0 Å². The third-order valence-electron chi connectivity index (χ3n) is 1.84. The molecule has 0 aromatic carbocycles. The van der Waals surface area contributed by atoms with E-state index in [9.17, 15) is 4.79 Å². The first-order valence-electron chi connectivity index (χ1n) is 4.16. The summed E-state index contributed by atoms with van der Waals surface area (Å²) < 4.78 is 6.50. The lowest BCUT2D eigenvalue weighted by molar-refractivity contribution is 0.0587. The molecule has 2 aromatic heterocycles. The molecule has 2 aromatic rings. The highest BCUT2D eigenvalue weighted by molar-refractivity contribution is 7.71. The molecule has 0 saturated heterocycles. The van der Waals surface area contributed by atoms with Gasteiger partial charge in [0.05, 0.1) is 7.11 Å². The highest BCUT2D eigenvalue weighted by Gasteiger charge is 2.12. The van der Waals surface area contributed by atoms with Crippen molar-refractivity contribution in [3.8, 4) is 0 Å². The van der Waals surface area contributed by atoms with Gasteiger partial charge in [-0.05, 0) is 13.0 Å². The molecule has 0 atom stereocenters. The summed E-state index contributed by atoms with van der Waals surface area (Å²) in [4.78, 5) is 19.3. The summed E-state index contributed by atoms with van der Waals surface area (Å²) in [5.41, 5.74) is 0.753. The van der Waals surface area contributed by atoms with Gasteiger partial charge in [-0.1, -0.05) is 12.2 Å². The summed E-state index contributed by atoms with van der Waals surface area (Å²) in [6.45, 7) is 1.81. The Morgan fingerprint density at radius 1 is 1.60 bits per heavy atom. The molecule has 0 spiro atoms. The molecule has 78 valence electrons. The number of methoxy groups -OCH3 is 1. The van der Waals surface area contributed by atoms with Gasteiger partial charge in [0.2, 0.25) is 5.82 Å². The SMILES string of the molecule is COC(=O)c1nc2nc(C)cc(=S)n2[nH]1. The van der Waals surface area contributed by atoms with Crippen molar-refractivity contribution in [3.63, 3.8) is 0 Å². The van der Waals surface area contributed by atoms with Crippen LogP contribution in [0.25, 0.3) is 5.78 Å². The lowest BCUT2D eigenvalue weighted by Crippen LogP contribution is -2.03. The van der Waals surface area contributed by atoms with Crippen molar-refractivity contribution in [1.82, 2.24) is 19.6 Å². The van der Waals surface area contributed by atoms with Crippen molar-refractivity contribution in [1.29, 1.82) is 0 Å². The third-order valence-corrected chi connectivity index (χ3v) is 2.14. The predicted molar refractivity (Wildman–Crippen MR) is 54.2 cm³/mol. The molecule has 0 fully saturated rings. The van der Waals surface area contributed by atoms with E-state index < -0.39 is 5.97 Å². The van der Waals surface area contributed by atoms with E-state index in [4.69, 9.17) is 12.2 Å². The molecule has 0 saturated carbocycles. The first-order valence-corrected chi connectivity index (χ1v) is 4.57. The van der Waals surface area contributed by atoms with Gasteiger partial charge in [0.1, 0.15) is 4.64 Å². The monoisotopic (exact) mass is 224 g/mol. The maximum Gasteiger partial charge on any atom is 0.375 e. The molecule has 0 aliphatic carbocycles. The Bertz CT molecular complexity index is 586. The zero-order chi connectivity index (χ0) is 11.0. The van der Waals surface area contributed by atoms with E-state index in [1.807, 2.05) is 6.92 Å². The fourth-order valence-corrected chi connectivity index (χ4v) is 1.48. The minimum Gasteiger partial charge on any atom is -0.463 e. The van der Waals surface area contributed by atoms with Gasteiger partial charge in [-0.3, -0.25) is 5.10 Å². The smallest absolute Gasteiger partial charge is 0.375 e. The lowest BCUT2D eigenvalue weighted by atomic mass is 10.5. The highest BCUT2D eigenvalue weighted by atomic mass is 32.1. The minimum atomic E-state index is -0.549. The van der Waals surface area contributed by atoms with Crippen molar-refractivity contribution < 1.29 is 9.53 Å². The number of carbonyl (C=O) groups excluding carboxylic acids is 1. The fourth-order valence-electron chi connectivity index (χ4n) is 1.18. The van der Waals surface area contributed by atoms with Crippen LogP contribution in [-0.4, -0.2) is 32.7 Å². The number of nitrogens with one attached hydrogen (secondary N) is 1. The molecule has 1 N–H and O–H groups in total. The number of carbonyl (C=O) groups is 1. The predicted octanol–water partition coefficient (Wildman–Crippen LogP) is 0.882. The first kappa shape index (κ1) is 9.78. The van der Waals surface area contributed by atoms with Crippen LogP contribution in [0.4, 0.5) is 0 Å². The standard InChI is InChI=1S/C8H8N4O2S/c1-4-3-5(15)12-8(9-4)10-6(11-12)7(13)14-2/h3H,1-2H3,(H,9,10,11). The summed E-state index contributed by atoms with van der Waals surface area (Å²) in [6.07, 6.45) is 0. The zero-order valence-corrected chi connectivity index (χ0v) is 8.96. The average molecular weight is 224 g/mol. The zero-order valence-electron chi connectivity index (χ0n) is 8.14. The van der Waals surface area contributed by atoms with Crippen LogP contribution in [0.3, 0.4) is 0 Å². The maximum atomic E-state index is 11.2. The number of nitrogens with zero attached hydrogens (tertiary/aromatic N) is 3. The van der Waals surface area contributed by atoms with Crippen LogP contribution in [0.5, 0.6) is 0 Å². The van der Waals surface area contributed by atoms with Gasteiger partial charge in [0, 0.05) is 5.69 Å². The number of fused-ring (bicyclic) bond motifs is 1. The largest absolute Gasteiger partial charge is 0.463 e. The van der Waals surface area contributed by atoms with E-state index in [1.165, 1.54) is 11.6 Å². The van der Waals surface area contributed by atoms with Gasteiger partial charge in [-0.2, -0.15) is 4.98 Å². The van der Waals surface area contributed by atoms with Crippen LogP contribution in [0.1, 0.15) is 16.3 Å². The molecular weight excluding hydrogens is 216 g/mol. The van der Waals surface area contributed by atoms with Crippen molar-refractivity contribution in [3.05, 3.63) is 22.2 Å². The molecule has 0 amide bonds. The first-order chi connectivity index (χ1) is 7.11. The van der Waals surface area contributed by atoms with Crippen LogP contribution >= 0.6 is 12.2 Å². The number of esters is 1. The average Bonchev–Trinajstić information content (AvgIpc) is 2.60. The number of aromatic nitrogens is 4. The molecule has 0 bridgehead atoms. The van der Waals surface area contributed by atoms with Crippen molar-refractivity contribution in [2.75, 3.05) is 7.11 Å². The normalized spacial score (nSPS) is 10.5. The Morgan fingerprint density at radius 3 is 3.00 bits per heavy atom. The van der Waals surface area contributed by atoms with E-state index in [-0.39, 0.29) is 5.82 Å². The molecule has 7 heteroatoms. The number of ether oxygens (including phenoxy) is 1. The molecule has 0 radical (unpaired) electrons. The van der Waals surface area contributed by atoms with Gasteiger partial charge in [-0.25, -0.2) is 14.3 Å². The summed E-state index contributed by atoms with van der Waals surface area (Å²) in [7, 11) is 1.29. The maximum absolute atomic E-state index is 11.2. The van der Waals surface area contributed by atoms with Gasteiger partial charge >= 0.3 is 5.97 Å². The highest BCUT2D eigenvalue weighted by Crippen LogP contribution is 2.03. The second-order valence-corrected chi connectivity index (χ2v) is 3.35. The quantitative estimate of drug-likeness (QED) is 0.575. The fraction of sp³-hybridized carbons (Fsp3) is 0.250. The number of hydrogen-bond donors (Lipinski definition) is 1. The summed E-state index contributed by atoms with van der Waals surface area (Å²) in [6, 6.07) is 1.71. The van der Waals surface area contributed by atoms with Gasteiger partial charge in [0.25, 0.3) is 5.78 Å². The molecule has 15 heavy (non-hydrogen) atoms. The number of aromatic amines is 1. The molecule has 0 aliphatic rings. The van der Waals surface area contributed by atoms with Crippen LogP contribution in [0.15, 0.2) is 6.07 Å². The van der Waals surface area contributed by atoms with Gasteiger partial charge in [-0.15, -0.1) is 0 Å². The number of H-pyrrole nitrogens is 1. The molecule has 2 rings (SSSR count). The van der Waals surface area contributed by atoms with Gasteiger partial charge in [0.15, 0.2) is 0 Å². The summed E-state index contributed by atoms with van der Waals surface area (Å²) in [5.74, 6) is -0.102. The van der Waals surface area contributed by atoms with Crippen LogP contribution in [-0.2, 0) is 4.74 Å². The Labute approximate surface area is 89.9 Å². The molecule has 2 heterocycles. The Hall–Kier alpha value is -1.76. The Balaban J connectivity index is 2.71. The van der Waals surface area contributed by atoms with E-state index in [1.54, 1.807) is 6.07 Å². The summed E-state index contributed by atoms with van der Waals surface area (Å²) in [5, 5.41) is 2.71.